The van der Waals surface area contributed by atoms with Crippen molar-refractivity contribution in [1.82, 2.24) is 35.5 Å². The van der Waals surface area contributed by atoms with Gasteiger partial charge in [0.25, 0.3) is 5.91 Å². The second kappa shape index (κ2) is 6.75. The van der Waals surface area contributed by atoms with E-state index in [4.69, 9.17) is 0 Å². The summed E-state index contributed by atoms with van der Waals surface area (Å²) in [4.78, 5) is 17.0. The van der Waals surface area contributed by atoms with Gasteiger partial charge in [0.05, 0.1) is 11.0 Å². The number of para-hydroxylation sites is 2. The summed E-state index contributed by atoms with van der Waals surface area (Å²) < 4.78 is 2.10. The fraction of sp³-hybridized carbons (Fsp3) is 0.167. The Balaban J connectivity index is 1.44. The lowest BCUT2D eigenvalue weighted by Gasteiger charge is -2.09. The van der Waals surface area contributed by atoms with Crippen molar-refractivity contribution in [2.24, 2.45) is 0 Å². The molecule has 0 aliphatic carbocycles. The number of H-pyrrole nitrogens is 1. The quantitative estimate of drug-likeness (QED) is 0.575. The van der Waals surface area contributed by atoms with Crippen LogP contribution in [0, 0.1) is 6.92 Å². The predicted molar refractivity (Wildman–Crippen MR) is 96.4 cm³/mol. The van der Waals surface area contributed by atoms with Crippen LogP contribution in [0.4, 0.5) is 0 Å². The van der Waals surface area contributed by atoms with Crippen LogP contribution in [0.15, 0.2) is 48.5 Å². The minimum absolute atomic E-state index is 0.141. The molecule has 0 saturated carbocycles. The molecule has 0 aliphatic rings. The Morgan fingerprint density at radius 1 is 1.19 bits per heavy atom. The number of hydrogen-bond donors (Lipinski definition) is 2. The molecule has 0 fully saturated rings. The highest BCUT2D eigenvalue weighted by Gasteiger charge is 2.10. The van der Waals surface area contributed by atoms with E-state index in [-0.39, 0.29) is 5.91 Å². The average Bonchev–Trinajstić information content (AvgIpc) is 3.30. The van der Waals surface area contributed by atoms with E-state index >= 15 is 0 Å². The largest absolute Gasteiger partial charge is 0.350 e. The first-order chi connectivity index (χ1) is 12.7. The van der Waals surface area contributed by atoms with Gasteiger partial charge in [0.2, 0.25) is 5.82 Å². The van der Waals surface area contributed by atoms with Crippen molar-refractivity contribution in [3.8, 4) is 11.4 Å². The number of carbonyl (C=O) groups is 1. The van der Waals surface area contributed by atoms with Crippen LogP contribution in [0.1, 0.15) is 16.2 Å². The van der Waals surface area contributed by atoms with Crippen molar-refractivity contribution < 1.29 is 4.79 Å². The Bertz CT molecular complexity index is 1050. The molecule has 2 N–H and O–H groups in total. The first-order valence-corrected chi connectivity index (χ1v) is 8.26. The van der Waals surface area contributed by atoms with Gasteiger partial charge in [-0.1, -0.05) is 24.3 Å². The van der Waals surface area contributed by atoms with Gasteiger partial charge in [-0.05, 0) is 36.4 Å². The lowest BCUT2D eigenvalue weighted by Crippen LogP contribution is -2.27. The zero-order chi connectivity index (χ0) is 17.9. The molecule has 0 atom stereocenters. The Labute approximate surface area is 149 Å². The molecule has 130 valence electrons. The van der Waals surface area contributed by atoms with Gasteiger partial charge in [0, 0.05) is 24.2 Å². The lowest BCUT2D eigenvalue weighted by atomic mass is 10.1. The van der Waals surface area contributed by atoms with E-state index in [2.05, 4.69) is 35.5 Å². The van der Waals surface area contributed by atoms with Crippen molar-refractivity contribution in [3.63, 3.8) is 0 Å². The molecule has 26 heavy (non-hydrogen) atoms. The summed E-state index contributed by atoms with van der Waals surface area (Å²) in [7, 11) is 0. The van der Waals surface area contributed by atoms with Crippen molar-refractivity contribution >= 4 is 16.9 Å². The van der Waals surface area contributed by atoms with Gasteiger partial charge in [-0.3, -0.25) is 4.79 Å². The highest BCUT2D eigenvalue weighted by atomic mass is 16.1. The number of benzene rings is 2. The molecule has 4 aromatic rings. The third-order valence-corrected chi connectivity index (χ3v) is 4.19. The normalized spacial score (nSPS) is 11.0. The van der Waals surface area contributed by atoms with Crippen LogP contribution >= 0.6 is 0 Å². The molecule has 0 unspecified atom stereocenters. The van der Waals surface area contributed by atoms with E-state index < -0.39 is 0 Å². The number of rotatable bonds is 5. The number of tetrazole rings is 1. The van der Waals surface area contributed by atoms with Crippen molar-refractivity contribution in [3.05, 3.63) is 59.9 Å². The molecule has 8 nitrogen and oxygen atoms in total. The predicted octanol–water partition coefficient (Wildman–Crippen LogP) is 1.95. The maximum Gasteiger partial charge on any atom is 0.251 e. The number of fused-ring (bicyclic) bond motifs is 1. The minimum atomic E-state index is -0.141. The zero-order valence-corrected chi connectivity index (χ0v) is 14.2. The van der Waals surface area contributed by atoms with Crippen molar-refractivity contribution in [2.45, 2.75) is 13.5 Å². The van der Waals surface area contributed by atoms with Crippen LogP contribution in [0.3, 0.4) is 0 Å². The van der Waals surface area contributed by atoms with Gasteiger partial charge in [-0.2, -0.15) is 5.21 Å². The molecule has 4 rings (SSSR count). The van der Waals surface area contributed by atoms with E-state index in [9.17, 15) is 4.79 Å². The molecule has 0 aliphatic heterocycles. The third-order valence-electron chi connectivity index (χ3n) is 4.19. The zero-order valence-electron chi connectivity index (χ0n) is 14.2. The smallest absolute Gasteiger partial charge is 0.251 e. The van der Waals surface area contributed by atoms with E-state index in [0.29, 0.717) is 24.5 Å². The SMILES string of the molecule is Cc1nc2ccccc2n1CCNC(=O)c1cccc(-c2nn[nH]n2)c1. The minimum Gasteiger partial charge on any atom is -0.350 e. The highest BCUT2D eigenvalue weighted by Crippen LogP contribution is 2.16. The van der Waals surface area contributed by atoms with Gasteiger partial charge >= 0.3 is 0 Å². The van der Waals surface area contributed by atoms with Crippen LogP contribution in [-0.4, -0.2) is 42.6 Å². The number of nitrogens with one attached hydrogen (secondary N) is 2. The van der Waals surface area contributed by atoms with Crippen LogP contribution in [0.2, 0.25) is 0 Å². The number of nitrogens with zero attached hydrogens (tertiary/aromatic N) is 5. The molecule has 0 saturated heterocycles. The van der Waals surface area contributed by atoms with Crippen molar-refractivity contribution in [1.29, 1.82) is 0 Å². The first-order valence-electron chi connectivity index (χ1n) is 8.26. The Hall–Kier alpha value is -3.55. The molecule has 1 amide bonds. The number of imidazole rings is 1. The van der Waals surface area contributed by atoms with E-state index in [1.54, 1.807) is 18.2 Å². The second-order valence-electron chi connectivity index (χ2n) is 5.87. The summed E-state index contributed by atoms with van der Waals surface area (Å²) in [6.45, 7) is 3.13. The Morgan fingerprint density at radius 3 is 2.92 bits per heavy atom. The number of carbonyl (C=O) groups excluding carboxylic acids is 1. The van der Waals surface area contributed by atoms with Crippen molar-refractivity contribution in [2.75, 3.05) is 6.54 Å². The van der Waals surface area contributed by atoms with Gasteiger partial charge in [0.1, 0.15) is 5.82 Å². The Morgan fingerprint density at radius 2 is 2.08 bits per heavy atom. The van der Waals surface area contributed by atoms with Gasteiger partial charge in [-0.15, -0.1) is 10.2 Å². The summed E-state index contributed by atoms with van der Waals surface area (Å²) in [5.74, 6) is 1.25. The van der Waals surface area contributed by atoms with Gasteiger partial charge in [-0.25, -0.2) is 4.98 Å². The standard InChI is InChI=1S/C18H17N7O/c1-12-20-15-7-2-3-8-16(15)25(12)10-9-19-18(26)14-6-4-5-13(11-14)17-21-23-24-22-17/h2-8,11H,9-10H2,1H3,(H,19,26)(H,21,22,23,24). The number of aryl methyl sites for hydroxylation is 1. The fourth-order valence-corrected chi connectivity index (χ4v) is 2.95. The molecular formula is C18H17N7O. The fourth-order valence-electron chi connectivity index (χ4n) is 2.95. The summed E-state index contributed by atoms with van der Waals surface area (Å²) in [5.41, 5.74) is 3.32. The third kappa shape index (κ3) is 3.04. The molecule has 0 spiro atoms. The molecule has 2 aromatic heterocycles. The summed E-state index contributed by atoms with van der Waals surface area (Å²) in [6.07, 6.45) is 0. The number of aromatic amines is 1. The molecule has 0 radical (unpaired) electrons. The first kappa shape index (κ1) is 15.9. The number of amides is 1. The molecular weight excluding hydrogens is 330 g/mol. The summed E-state index contributed by atoms with van der Waals surface area (Å²) in [5, 5.41) is 16.8. The van der Waals surface area contributed by atoms with Crippen LogP contribution in [0.25, 0.3) is 22.4 Å². The highest BCUT2D eigenvalue weighted by molar-refractivity contribution is 5.95. The summed E-state index contributed by atoms with van der Waals surface area (Å²) >= 11 is 0. The van der Waals surface area contributed by atoms with Crippen LogP contribution in [-0.2, 0) is 6.54 Å². The average molecular weight is 347 g/mol. The molecule has 0 bridgehead atoms. The molecule has 8 heteroatoms. The topological polar surface area (TPSA) is 101 Å². The van der Waals surface area contributed by atoms with E-state index in [0.717, 1.165) is 22.4 Å². The molecule has 2 heterocycles. The Kier molecular flexibility index (Phi) is 4.14. The van der Waals surface area contributed by atoms with Gasteiger partial charge in [0.15, 0.2) is 0 Å². The maximum atomic E-state index is 12.4. The monoisotopic (exact) mass is 347 g/mol. The van der Waals surface area contributed by atoms with E-state index in [1.807, 2.05) is 37.3 Å². The number of aromatic nitrogens is 6. The second-order valence-corrected chi connectivity index (χ2v) is 5.87. The van der Waals surface area contributed by atoms with Gasteiger partial charge < -0.3 is 9.88 Å². The molecule has 2 aromatic carbocycles. The van der Waals surface area contributed by atoms with E-state index in [1.165, 1.54) is 0 Å². The van der Waals surface area contributed by atoms with Crippen LogP contribution < -0.4 is 5.32 Å². The van der Waals surface area contributed by atoms with Crippen LogP contribution in [0.5, 0.6) is 0 Å². The number of hydrogen-bond acceptors (Lipinski definition) is 5. The maximum absolute atomic E-state index is 12.4. The summed E-state index contributed by atoms with van der Waals surface area (Å²) in [6, 6.07) is 15.1. The lowest BCUT2D eigenvalue weighted by molar-refractivity contribution is 0.0952.